The summed E-state index contributed by atoms with van der Waals surface area (Å²) in [6, 6.07) is 9.14. The Kier molecular flexibility index (Phi) is 3.66. The van der Waals surface area contributed by atoms with Crippen LogP contribution in [0, 0.1) is 0 Å². The number of carbonyl (C=O) groups is 1. The van der Waals surface area contributed by atoms with E-state index >= 15 is 0 Å². The second-order valence-electron chi connectivity index (χ2n) is 5.83. The van der Waals surface area contributed by atoms with Crippen LogP contribution < -0.4 is 10.6 Å². The molecule has 4 nitrogen and oxygen atoms in total. The zero-order chi connectivity index (χ0) is 14.1. The van der Waals surface area contributed by atoms with Crippen molar-refractivity contribution in [1.29, 1.82) is 0 Å². The fourth-order valence-electron chi connectivity index (χ4n) is 3.27. The van der Waals surface area contributed by atoms with Crippen LogP contribution >= 0.6 is 0 Å². The van der Waals surface area contributed by atoms with Crippen LogP contribution in [-0.4, -0.2) is 36.5 Å². The first-order chi connectivity index (χ1) is 9.69. The number of hydrogen-bond acceptors (Lipinski definition) is 3. The fraction of sp³-hybridized carbons (Fsp3) is 0.562. The van der Waals surface area contributed by atoms with Crippen molar-refractivity contribution in [3.05, 3.63) is 29.8 Å². The number of amides is 1. The van der Waals surface area contributed by atoms with Gasteiger partial charge in [0.15, 0.2) is 0 Å². The molecule has 20 heavy (non-hydrogen) atoms. The molecule has 1 aromatic rings. The molecule has 0 saturated carbocycles. The lowest BCUT2D eigenvalue weighted by molar-refractivity contribution is -0.129. The molecule has 1 amide bonds. The van der Waals surface area contributed by atoms with Crippen molar-refractivity contribution in [3.8, 4) is 0 Å². The van der Waals surface area contributed by atoms with Crippen LogP contribution in [0.25, 0.3) is 0 Å². The van der Waals surface area contributed by atoms with Gasteiger partial charge in [-0.1, -0.05) is 19.1 Å². The van der Waals surface area contributed by atoms with Gasteiger partial charge in [-0.3, -0.25) is 4.79 Å². The summed E-state index contributed by atoms with van der Waals surface area (Å²) in [7, 11) is 0. The molecule has 0 aliphatic carbocycles. The predicted octanol–water partition coefficient (Wildman–Crippen LogP) is 1.91. The molecule has 2 fully saturated rings. The molecule has 0 radical (unpaired) electrons. The topological polar surface area (TPSA) is 49.6 Å². The molecule has 2 N–H and O–H groups in total. The van der Waals surface area contributed by atoms with Crippen molar-refractivity contribution >= 4 is 11.6 Å². The average molecular weight is 273 g/mol. The lowest BCUT2D eigenvalue weighted by atomic mass is 10.0. The highest BCUT2D eigenvalue weighted by molar-refractivity contribution is 5.79. The van der Waals surface area contributed by atoms with E-state index in [-0.39, 0.29) is 6.04 Å². The maximum Gasteiger partial charge on any atom is 0.223 e. The van der Waals surface area contributed by atoms with E-state index in [4.69, 9.17) is 5.73 Å². The number of nitrogens with zero attached hydrogens (tertiary/aromatic N) is 2. The molecule has 2 atom stereocenters. The first-order valence-electron chi connectivity index (χ1n) is 7.59. The lowest BCUT2D eigenvalue weighted by Crippen LogP contribution is -2.51. The predicted molar refractivity (Wildman–Crippen MR) is 80.6 cm³/mol. The Bertz CT molecular complexity index is 485. The minimum absolute atomic E-state index is 0.133. The number of anilines is 1. The second kappa shape index (κ2) is 5.44. The number of rotatable bonds is 3. The number of hydrogen-bond donors (Lipinski definition) is 1. The SMILES string of the molecule is CC[C@H](N)c1ccc(N2CCN3C(=O)CCC3C2)cc1. The Morgan fingerprint density at radius 2 is 2.05 bits per heavy atom. The van der Waals surface area contributed by atoms with Crippen molar-refractivity contribution in [2.75, 3.05) is 24.5 Å². The molecule has 2 aliphatic rings. The standard InChI is InChI=1S/C16H23N3O/c1-2-15(17)12-3-5-13(6-4-12)18-9-10-19-14(11-18)7-8-16(19)20/h3-6,14-15H,2,7-11,17H2,1H3/t14?,15-/m0/s1. The van der Waals surface area contributed by atoms with Gasteiger partial charge in [0.25, 0.3) is 0 Å². The molecule has 2 saturated heterocycles. The van der Waals surface area contributed by atoms with Crippen molar-refractivity contribution in [2.45, 2.75) is 38.3 Å². The molecule has 2 heterocycles. The molecule has 0 spiro atoms. The summed E-state index contributed by atoms with van der Waals surface area (Å²) in [5.41, 5.74) is 8.50. The van der Waals surface area contributed by atoms with Crippen LogP contribution in [0.1, 0.15) is 37.8 Å². The Morgan fingerprint density at radius 1 is 1.30 bits per heavy atom. The highest BCUT2D eigenvalue weighted by Gasteiger charge is 2.35. The third-order valence-electron chi connectivity index (χ3n) is 4.62. The number of benzene rings is 1. The zero-order valence-corrected chi connectivity index (χ0v) is 12.1. The van der Waals surface area contributed by atoms with Crippen molar-refractivity contribution in [3.63, 3.8) is 0 Å². The summed E-state index contributed by atoms with van der Waals surface area (Å²) in [6.07, 6.45) is 2.69. The Morgan fingerprint density at radius 3 is 2.75 bits per heavy atom. The van der Waals surface area contributed by atoms with Crippen LogP contribution in [0.15, 0.2) is 24.3 Å². The van der Waals surface area contributed by atoms with Gasteiger partial charge in [-0.15, -0.1) is 0 Å². The van der Waals surface area contributed by atoms with E-state index < -0.39 is 0 Å². The van der Waals surface area contributed by atoms with E-state index in [1.54, 1.807) is 0 Å². The minimum Gasteiger partial charge on any atom is -0.368 e. The number of fused-ring (bicyclic) bond motifs is 1. The van der Waals surface area contributed by atoms with Crippen LogP contribution in [-0.2, 0) is 4.79 Å². The summed E-state index contributed by atoms with van der Waals surface area (Å²) in [4.78, 5) is 16.1. The maximum absolute atomic E-state index is 11.7. The highest BCUT2D eigenvalue weighted by atomic mass is 16.2. The third kappa shape index (κ3) is 2.40. The van der Waals surface area contributed by atoms with E-state index in [2.05, 4.69) is 41.0 Å². The van der Waals surface area contributed by atoms with E-state index in [9.17, 15) is 4.79 Å². The number of nitrogens with two attached hydrogens (primary N) is 1. The van der Waals surface area contributed by atoms with Crippen molar-refractivity contribution in [2.24, 2.45) is 5.73 Å². The molecule has 0 aromatic heterocycles. The fourth-order valence-corrected chi connectivity index (χ4v) is 3.27. The van der Waals surface area contributed by atoms with Gasteiger partial charge >= 0.3 is 0 Å². The largest absolute Gasteiger partial charge is 0.368 e. The average Bonchev–Trinajstić information content (AvgIpc) is 2.87. The van der Waals surface area contributed by atoms with Crippen LogP contribution in [0.2, 0.25) is 0 Å². The summed E-state index contributed by atoms with van der Waals surface area (Å²) in [5, 5.41) is 0. The minimum atomic E-state index is 0.133. The Labute approximate surface area is 120 Å². The molecular weight excluding hydrogens is 250 g/mol. The Hall–Kier alpha value is -1.55. The summed E-state index contributed by atoms with van der Waals surface area (Å²) >= 11 is 0. The zero-order valence-electron chi connectivity index (χ0n) is 12.1. The van der Waals surface area contributed by atoms with Crippen LogP contribution in [0.5, 0.6) is 0 Å². The van der Waals surface area contributed by atoms with E-state index in [0.717, 1.165) is 38.9 Å². The summed E-state index contributed by atoms with van der Waals surface area (Å²) in [5.74, 6) is 0.332. The quantitative estimate of drug-likeness (QED) is 0.915. The molecular formula is C16H23N3O. The molecule has 108 valence electrons. The van der Waals surface area contributed by atoms with Crippen molar-refractivity contribution < 1.29 is 4.79 Å². The smallest absolute Gasteiger partial charge is 0.223 e. The van der Waals surface area contributed by atoms with Gasteiger partial charge in [-0.2, -0.15) is 0 Å². The third-order valence-corrected chi connectivity index (χ3v) is 4.62. The van der Waals surface area contributed by atoms with Gasteiger partial charge in [-0.25, -0.2) is 0 Å². The van der Waals surface area contributed by atoms with E-state index in [0.29, 0.717) is 11.9 Å². The maximum atomic E-state index is 11.7. The van der Waals surface area contributed by atoms with Gasteiger partial charge in [0, 0.05) is 43.8 Å². The van der Waals surface area contributed by atoms with E-state index in [1.165, 1.54) is 11.3 Å². The normalized spacial score (nSPS) is 23.9. The summed E-state index contributed by atoms with van der Waals surface area (Å²) in [6.45, 7) is 4.86. The van der Waals surface area contributed by atoms with Crippen LogP contribution in [0.3, 0.4) is 0 Å². The van der Waals surface area contributed by atoms with Crippen molar-refractivity contribution in [1.82, 2.24) is 4.90 Å². The Balaban J connectivity index is 1.69. The van der Waals surface area contributed by atoms with Gasteiger partial charge < -0.3 is 15.5 Å². The van der Waals surface area contributed by atoms with E-state index in [1.807, 2.05) is 0 Å². The second-order valence-corrected chi connectivity index (χ2v) is 5.83. The van der Waals surface area contributed by atoms with Gasteiger partial charge in [0.1, 0.15) is 0 Å². The first kappa shape index (κ1) is 13.4. The highest BCUT2D eigenvalue weighted by Crippen LogP contribution is 2.27. The lowest BCUT2D eigenvalue weighted by Gasteiger charge is -2.39. The molecule has 2 aliphatic heterocycles. The van der Waals surface area contributed by atoms with Gasteiger partial charge in [0.05, 0.1) is 0 Å². The monoisotopic (exact) mass is 273 g/mol. The molecule has 1 aromatic carbocycles. The summed E-state index contributed by atoms with van der Waals surface area (Å²) < 4.78 is 0. The molecule has 3 rings (SSSR count). The van der Waals surface area contributed by atoms with Gasteiger partial charge in [0.2, 0.25) is 5.91 Å². The molecule has 4 heteroatoms. The first-order valence-corrected chi connectivity index (χ1v) is 7.59. The number of carbonyl (C=O) groups excluding carboxylic acids is 1. The molecule has 0 bridgehead atoms. The van der Waals surface area contributed by atoms with Gasteiger partial charge in [-0.05, 0) is 30.5 Å². The number of piperazine rings is 1. The molecule has 1 unspecified atom stereocenters. The van der Waals surface area contributed by atoms with Crippen LogP contribution in [0.4, 0.5) is 5.69 Å².